The van der Waals surface area contributed by atoms with Gasteiger partial charge in [0.25, 0.3) is 0 Å². The molecule has 0 atom stereocenters. The summed E-state index contributed by atoms with van der Waals surface area (Å²) in [6.45, 7) is 1.13. The van der Waals surface area contributed by atoms with Crippen molar-refractivity contribution < 1.29 is 14.0 Å². The van der Waals surface area contributed by atoms with Crippen LogP contribution in [0, 0.1) is 0 Å². The quantitative estimate of drug-likeness (QED) is 0.494. The molecule has 0 saturated carbocycles. The second-order valence-electron chi connectivity index (χ2n) is 3.03. The number of carbonyl (C=O) groups is 2. The van der Waals surface area contributed by atoms with Gasteiger partial charge in [-0.25, -0.2) is 0 Å². The molecule has 2 amide bonds. The summed E-state index contributed by atoms with van der Waals surface area (Å²) in [6.07, 6.45) is 3.16. The first-order valence-electron chi connectivity index (χ1n) is 4.79. The van der Waals surface area contributed by atoms with E-state index in [1.54, 1.807) is 12.1 Å². The highest BCUT2D eigenvalue weighted by Crippen LogP contribution is 2.00. The normalized spacial score (nSPS) is 9.60. The van der Waals surface area contributed by atoms with Gasteiger partial charge in [0.15, 0.2) is 0 Å². The fourth-order valence-corrected chi connectivity index (χ4v) is 1.11. The van der Waals surface area contributed by atoms with Gasteiger partial charge in [-0.05, 0) is 18.6 Å². The number of carbonyl (C=O) groups excluding carboxylic acids is 2. The van der Waals surface area contributed by atoms with E-state index in [2.05, 4.69) is 10.6 Å². The SMILES string of the molecule is O=CNCCCNC(=O)Cc1ccco1. The van der Waals surface area contributed by atoms with Crippen LogP contribution in [0.25, 0.3) is 0 Å². The predicted octanol–water partition coefficient (Wildman–Crippen LogP) is 0.0744. The van der Waals surface area contributed by atoms with Crippen LogP contribution in [0.3, 0.4) is 0 Å². The Morgan fingerprint density at radius 1 is 1.47 bits per heavy atom. The zero-order chi connectivity index (χ0) is 10.9. The Hall–Kier alpha value is -1.78. The molecule has 0 aliphatic rings. The molecule has 15 heavy (non-hydrogen) atoms. The second-order valence-corrected chi connectivity index (χ2v) is 3.03. The van der Waals surface area contributed by atoms with Gasteiger partial charge >= 0.3 is 0 Å². The number of amides is 2. The maximum absolute atomic E-state index is 11.3. The third-order valence-electron chi connectivity index (χ3n) is 1.82. The van der Waals surface area contributed by atoms with Gasteiger partial charge in [-0.1, -0.05) is 0 Å². The van der Waals surface area contributed by atoms with Crippen LogP contribution < -0.4 is 10.6 Å². The molecular formula is C10H14N2O3. The lowest BCUT2D eigenvalue weighted by Gasteiger charge is -2.03. The van der Waals surface area contributed by atoms with E-state index in [1.807, 2.05) is 0 Å². The highest BCUT2D eigenvalue weighted by Gasteiger charge is 2.03. The van der Waals surface area contributed by atoms with Crippen molar-refractivity contribution in [2.45, 2.75) is 12.8 Å². The van der Waals surface area contributed by atoms with Crippen molar-refractivity contribution in [3.63, 3.8) is 0 Å². The summed E-state index contributed by atoms with van der Waals surface area (Å²) in [4.78, 5) is 21.2. The summed E-state index contributed by atoms with van der Waals surface area (Å²) in [5, 5.41) is 5.24. The van der Waals surface area contributed by atoms with Gasteiger partial charge in [0, 0.05) is 13.1 Å². The van der Waals surface area contributed by atoms with E-state index in [4.69, 9.17) is 4.42 Å². The number of nitrogens with one attached hydrogen (secondary N) is 2. The molecule has 5 nitrogen and oxygen atoms in total. The highest BCUT2D eigenvalue weighted by molar-refractivity contribution is 5.77. The first-order valence-corrected chi connectivity index (χ1v) is 4.79. The molecule has 82 valence electrons. The Labute approximate surface area is 87.8 Å². The van der Waals surface area contributed by atoms with Crippen molar-refractivity contribution >= 4 is 12.3 Å². The molecule has 1 aromatic heterocycles. The largest absolute Gasteiger partial charge is 0.469 e. The molecule has 0 radical (unpaired) electrons. The lowest BCUT2D eigenvalue weighted by atomic mass is 10.3. The number of hydrogen-bond donors (Lipinski definition) is 2. The fourth-order valence-electron chi connectivity index (χ4n) is 1.11. The first-order chi connectivity index (χ1) is 7.33. The van der Waals surface area contributed by atoms with E-state index in [0.717, 1.165) is 6.42 Å². The minimum Gasteiger partial charge on any atom is -0.469 e. The third-order valence-corrected chi connectivity index (χ3v) is 1.82. The van der Waals surface area contributed by atoms with Crippen molar-refractivity contribution in [1.29, 1.82) is 0 Å². The van der Waals surface area contributed by atoms with E-state index in [9.17, 15) is 9.59 Å². The Morgan fingerprint density at radius 3 is 3.00 bits per heavy atom. The molecule has 5 heteroatoms. The van der Waals surface area contributed by atoms with Gasteiger partial charge in [0.2, 0.25) is 12.3 Å². The summed E-state index contributed by atoms with van der Waals surface area (Å²) in [5.74, 6) is 0.578. The molecule has 1 heterocycles. The Kier molecular flexibility index (Phi) is 5.00. The number of rotatable bonds is 7. The summed E-state index contributed by atoms with van der Waals surface area (Å²) in [7, 11) is 0. The highest BCUT2D eigenvalue weighted by atomic mass is 16.3. The minimum absolute atomic E-state index is 0.0731. The van der Waals surface area contributed by atoms with Gasteiger partial charge in [-0.15, -0.1) is 0 Å². The zero-order valence-corrected chi connectivity index (χ0v) is 8.36. The lowest BCUT2D eigenvalue weighted by Crippen LogP contribution is -2.28. The molecule has 0 bridgehead atoms. The standard InChI is InChI=1S/C10H14N2O3/c13-8-11-4-2-5-12-10(14)7-9-3-1-6-15-9/h1,3,6,8H,2,4-5,7H2,(H,11,13)(H,12,14). The average molecular weight is 210 g/mol. The van der Waals surface area contributed by atoms with Crippen LogP contribution in [-0.2, 0) is 16.0 Å². The lowest BCUT2D eigenvalue weighted by molar-refractivity contribution is -0.120. The van der Waals surface area contributed by atoms with E-state index in [0.29, 0.717) is 25.3 Å². The molecule has 0 aliphatic carbocycles. The molecule has 2 N–H and O–H groups in total. The average Bonchev–Trinajstić information content (AvgIpc) is 2.70. The van der Waals surface area contributed by atoms with Gasteiger partial charge in [0.1, 0.15) is 5.76 Å². The predicted molar refractivity (Wildman–Crippen MR) is 54.1 cm³/mol. The molecule has 0 unspecified atom stereocenters. The van der Waals surface area contributed by atoms with Crippen LogP contribution in [0.2, 0.25) is 0 Å². The van der Waals surface area contributed by atoms with Crippen LogP contribution in [-0.4, -0.2) is 25.4 Å². The van der Waals surface area contributed by atoms with E-state index in [1.165, 1.54) is 6.26 Å². The molecule has 0 spiro atoms. The molecule has 0 aromatic carbocycles. The van der Waals surface area contributed by atoms with Crippen molar-refractivity contribution in [3.05, 3.63) is 24.2 Å². The molecule has 0 fully saturated rings. The molecule has 0 saturated heterocycles. The maximum atomic E-state index is 11.3. The molecular weight excluding hydrogens is 196 g/mol. The van der Waals surface area contributed by atoms with E-state index >= 15 is 0 Å². The fraction of sp³-hybridized carbons (Fsp3) is 0.400. The summed E-state index contributed by atoms with van der Waals surface area (Å²) in [6, 6.07) is 3.50. The Morgan fingerprint density at radius 2 is 2.33 bits per heavy atom. The second kappa shape index (κ2) is 6.64. The smallest absolute Gasteiger partial charge is 0.227 e. The van der Waals surface area contributed by atoms with Crippen molar-refractivity contribution in [2.24, 2.45) is 0 Å². The van der Waals surface area contributed by atoms with E-state index < -0.39 is 0 Å². The van der Waals surface area contributed by atoms with Crippen LogP contribution in [0.1, 0.15) is 12.2 Å². The summed E-state index contributed by atoms with van der Waals surface area (Å²) >= 11 is 0. The van der Waals surface area contributed by atoms with Gasteiger partial charge < -0.3 is 15.1 Å². The molecule has 1 rings (SSSR count). The third kappa shape index (κ3) is 4.85. The van der Waals surface area contributed by atoms with Crippen LogP contribution in [0.15, 0.2) is 22.8 Å². The summed E-state index contributed by atoms with van der Waals surface area (Å²) < 4.78 is 5.03. The van der Waals surface area contributed by atoms with E-state index in [-0.39, 0.29) is 12.3 Å². The molecule has 0 aliphatic heterocycles. The van der Waals surface area contributed by atoms with Crippen LogP contribution in [0.5, 0.6) is 0 Å². The number of hydrogen-bond acceptors (Lipinski definition) is 3. The zero-order valence-electron chi connectivity index (χ0n) is 8.36. The van der Waals surface area contributed by atoms with Gasteiger partial charge in [-0.2, -0.15) is 0 Å². The minimum atomic E-state index is -0.0731. The van der Waals surface area contributed by atoms with Gasteiger partial charge in [0.05, 0.1) is 12.7 Å². The topological polar surface area (TPSA) is 71.3 Å². The van der Waals surface area contributed by atoms with Crippen molar-refractivity contribution in [3.8, 4) is 0 Å². The monoisotopic (exact) mass is 210 g/mol. The maximum Gasteiger partial charge on any atom is 0.227 e. The Balaban J connectivity index is 2.06. The van der Waals surface area contributed by atoms with Gasteiger partial charge in [-0.3, -0.25) is 9.59 Å². The van der Waals surface area contributed by atoms with Crippen LogP contribution >= 0.6 is 0 Å². The van der Waals surface area contributed by atoms with Crippen molar-refractivity contribution in [1.82, 2.24) is 10.6 Å². The number of furan rings is 1. The van der Waals surface area contributed by atoms with Crippen molar-refractivity contribution in [2.75, 3.05) is 13.1 Å². The first kappa shape index (κ1) is 11.3. The molecule has 1 aromatic rings. The Bertz CT molecular complexity index is 296. The summed E-state index contributed by atoms with van der Waals surface area (Å²) in [5.41, 5.74) is 0. The van der Waals surface area contributed by atoms with Crippen LogP contribution in [0.4, 0.5) is 0 Å².